The van der Waals surface area contributed by atoms with Crippen LogP contribution in [0.1, 0.15) is 40.0 Å². The summed E-state index contributed by atoms with van der Waals surface area (Å²) in [4.78, 5) is 0. The first-order valence-electron chi connectivity index (χ1n) is 5.21. The van der Waals surface area contributed by atoms with E-state index < -0.39 is 0 Å². The van der Waals surface area contributed by atoms with Crippen molar-refractivity contribution in [1.29, 1.82) is 0 Å². The van der Waals surface area contributed by atoms with Crippen LogP contribution in [-0.4, -0.2) is 25.8 Å². The molecule has 0 aliphatic heterocycles. The number of hydrogen-bond donors (Lipinski definition) is 1. The summed E-state index contributed by atoms with van der Waals surface area (Å²) in [7, 11) is 1.78. The third-order valence-electron chi connectivity index (χ3n) is 2.79. The van der Waals surface area contributed by atoms with Crippen LogP contribution in [0.2, 0.25) is 0 Å². The van der Waals surface area contributed by atoms with Gasteiger partial charge < -0.3 is 10.1 Å². The number of nitrogens with one attached hydrogen (secondary N) is 1. The molecule has 1 fully saturated rings. The van der Waals surface area contributed by atoms with Crippen molar-refractivity contribution in [2.24, 2.45) is 5.41 Å². The minimum Gasteiger partial charge on any atom is -0.385 e. The molecule has 2 heteroatoms. The average Bonchev–Trinajstić information content (AvgIpc) is 2.77. The molecule has 1 saturated carbocycles. The summed E-state index contributed by atoms with van der Waals surface area (Å²) in [6.45, 7) is 8.73. The Morgan fingerprint density at radius 2 is 1.92 bits per heavy atom. The Labute approximate surface area is 82.0 Å². The first-order chi connectivity index (χ1) is 5.97. The van der Waals surface area contributed by atoms with Gasteiger partial charge in [0.1, 0.15) is 0 Å². The van der Waals surface area contributed by atoms with Crippen LogP contribution >= 0.6 is 0 Å². The molecular formula is C11H23NO. The topological polar surface area (TPSA) is 21.3 Å². The van der Waals surface area contributed by atoms with E-state index in [2.05, 4.69) is 26.1 Å². The molecular weight excluding hydrogens is 162 g/mol. The molecule has 78 valence electrons. The van der Waals surface area contributed by atoms with Gasteiger partial charge in [-0.3, -0.25) is 0 Å². The Hall–Kier alpha value is -0.0800. The monoisotopic (exact) mass is 185 g/mol. The van der Waals surface area contributed by atoms with Gasteiger partial charge in [-0.2, -0.15) is 0 Å². The van der Waals surface area contributed by atoms with E-state index in [1.807, 2.05) is 0 Å². The lowest BCUT2D eigenvalue weighted by atomic mass is 10.0. The standard InChI is InChI=1S/C11H23NO/c1-10(2,3)12-9-11(5-6-11)7-8-13-4/h12H,5-9H2,1-4H3. The molecule has 0 saturated heterocycles. The maximum atomic E-state index is 5.12. The summed E-state index contributed by atoms with van der Waals surface area (Å²) in [5.41, 5.74) is 0.825. The average molecular weight is 185 g/mol. The molecule has 0 radical (unpaired) electrons. The third kappa shape index (κ3) is 4.10. The molecule has 0 unspecified atom stereocenters. The fourth-order valence-electron chi connectivity index (χ4n) is 1.46. The Morgan fingerprint density at radius 3 is 2.31 bits per heavy atom. The van der Waals surface area contributed by atoms with Crippen molar-refractivity contribution in [3.05, 3.63) is 0 Å². The highest BCUT2D eigenvalue weighted by Crippen LogP contribution is 2.48. The van der Waals surface area contributed by atoms with E-state index in [4.69, 9.17) is 4.74 Å². The van der Waals surface area contributed by atoms with Crippen LogP contribution in [-0.2, 0) is 4.74 Å². The van der Waals surface area contributed by atoms with Gasteiger partial charge in [0.05, 0.1) is 0 Å². The van der Waals surface area contributed by atoms with E-state index in [-0.39, 0.29) is 5.54 Å². The van der Waals surface area contributed by atoms with Crippen molar-refractivity contribution in [3.8, 4) is 0 Å². The van der Waals surface area contributed by atoms with Crippen molar-refractivity contribution in [2.45, 2.75) is 45.6 Å². The summed E-state index contributed by atoms with van der Waals surface area (Å²) in [5.74, 6) is 0. The van der Waals surface area contributed by atoms with E-state index in [1.54, 1.807) is 7.11 Å². The van der Waals surface area contributed by atoms with Crippen LogP contribution in [0.5, 0.6) is 0 Å². The maximum absolute atomic E-state index is 5.12. The first-order valence-corrected chi connectivity index (χ1v) is 5.21. The predicted octanol–water partition coefficient (Wildman–Crippen LogP) is 2.19. The summed E-state index contributed by atoms with van der Waals surface area (Å²) in [5, 5.41) is 3.58. The van der Waals surface area contributed by atoms with Crippen LogP contribution < -0.4 is 5.32 Å². The summed E-state index contributed by atoms with van der Waals surface area (Å²) in [6, 6.07) is 0. The van der Waals surface area contributed by atoms with Crippen molar-refractivity contribution in [1.82, 2.24) is 5.32 Å². The lowest BCUT2D eigenvalue weighted by Crippen LogP contribution is -2.40. The van der Waals surface area contributed by atoms with Gasteiger partial charge in [0.25, 0.3) is 0 Å². The van der Waals surface area contributed by atoms with Gasteiger partial charge in [0, 0.05) is 25.8 Å². The van der Waals surface area contributed by atoms with E-state index in [0.717, 1.165) is 13.2 Å². The van der Waals surface area contributed by atoms with Gasteiger partial charge in [0.2, 0.25) is 0 Å². The van der Waals surface area contributed by atoms with Gasteiger partial charge in [-0.1, -0.05) is 0 Å². The Bertz CT molecular complexity index is 156. The van der Waals surface area contributed by atoms with Gasteiger partial charge in [0.15, 0.2) is 0 Å². The highest BCUT2D eigenvalue weighted by atomic mass is 16.5. The molecule has 0 amide bonds. The molecule has 0 atom stereocenters. The molecule has 0 aromatic heterocycles. The predicted molar refractivity (Wildman–Crippen MR) is 55.9 cm³/mol. The van der Waals surface area contributed by atoms with Crippen LogP contribution in [0.3, 0.4) is 0 Å². The molecule has 0 heterocycles. The molecule has 13 heavy (non-hydrogen) atoms. The molecule has 0 aromatic carbocycles. The van der Waals surface area contributed by atoms with Crippen LogP contribution in [0.15, 0.2) is 0 Å². The van der Waals surface area contributed by atoms with Crippen molar-refractivity contribution < 1.29 is 4.74 Å². The number of rotatable bonds is 5. The molecule has 1 aliphatic carbocycles. The van der Waals surface area contributed by atoms with Crippen LogP contribution in [0, 0.1) is 5.41 Å². The van der Waals surface area contributed by atoms with E-state index >= 15 is 0 Å². The van der Waals surface area contributed by atoms with Crippen LogP contribution in [0.4, 0.5) is 0 Å². The van der Waals surface area contributed by atoms with Gasteiger partial charge in [-0.15, -0.1) is 0 Å². The third-order valence-corrected chi connectivity index (χ3v) is 2.79. The normalized spacial score (nSPS) is 20.3. The second-order valence-corrected chi connectivity index (χ2v) is 5.35. The largest absolute Gasteiger partial charge is 0.385 e. The molecule has 0 bridgehead atoms. The summed E-state index contributed by atoms with van der Waals surface area (Å²) < 4.78 is 5.12. The smallest absolute Gasteiger partial charge is 0.0468 e. The SMILES string of the molecule is COCCC1(CNC(C)(C)C)CC1. The summed E-state index contributed by atoms with van der Waals surface area (Å²) >= 11 is 0. The lowest BCUT2D eigenvalue weighted by molar-refractivity contribution is 0.168. The molecule has 1 rings (SSSR count). The minimum absolute atomic E-state index is 0.253. The number of hydrogen-bond acceptors (Lipinski definition) is 2. The zero-order valence-corrected chi connectivity index (χ0v) is 9.44. The van der Waals surface area contributed by atoms with Crippen molar-refractivity contribution >= 4 is 0 Å². The van der Waals surface area contributed by atoms with E-state index in [1.165, 1.54) is 19.3 Å². The van der Waals surface area contributed by atoms with Crippen molar-refractivity contribution in [3.63, 3.8) is 0 Å². The second kappa shape index (κ2) is 3.97. The zero-order chi connectivity index (χ0) is 9.95. The van der Waals surface area contributed by atoms with Gasteiger partial charge >= 0.3 is 0 Å². The highest BCUT2D eigenvalue weighted by molar-refractivity contribution is 4.95. The maximum Gasteiger partial charge on any atom is 0.0468 e. The molecule has 0 aromatic rings. The minimum atomic E-state index is 0.253. The van der Waals surface area contributed by atoms with Gasteiger partial charge in [-0.05, 0) is 45.4 Å². The zero-order valence-electron chi connectivity index (χ0n) is 9.44. The molecule has 2 nitrogen and oxygen atoms in total. The van der Waals surface area contributed by atoms with E-state index in [9.17, 15) is 0 Å². The van der Waals surface area contributed by atoms with Gasteiger partial charge in [-0.25, -0.2) is 0 Å². The molecule has 1 N–H and O–H groups in total. The molecule has 1 aliphatic rings. The fourth-order valence-corrected chi connectivity index (χ4v) is 1.46. The fraction of sp³-hybridized carbons (Fsp3) is 1.00. The Balaban J connectivity index is 2.20. The first kappa shape index (κ1) is 11.0. The molecule has 0 spiro atoms. The second-order valence-electron chi connectivity index (χ2n) is 5.35. The lowest BCUT2D eigenvalue weighted by Gasteiger charge is -2.25. The van der Waals surface area contributed by atoms with Crippen LogP contribution in [0.25, 0.3) is 0 Å². The number of methoxy groups -OCH3 is 1. The summed E-state index contributed by atoms with van der Waals surface area (Å²) in [6.07, 6.45) is 3.96. The number of ether oxygens (including phenoxy) is 1. The highest BCUT2D eigenvalue weighted by Gasteiger charge is 2.42. The van der Waals surface area contributed by atoms with E-state index in [0.29, 0.717) is 5.41 Å². The van der Waals surface area contributed by atoms with Crippen molar-refractivity contribution in [2.75, 3.05) is 20.3 Å². The Morgan fingerprint density at radius 1 is 1.31 bits per heavy atom. The quantitative estimate of drug-likeness (QED) is 0.709. The Kier molecular flexibility index (Phi) is 3.36.